The number of aliphatic hydroxyl groups is 3. The molecule has 0 bridgehead atoms. The average Bonchev–Trinajstić information content (AvgIpc) is 2.61. The number of urea groups is 1. The Morgan fingerprint density at radius 3 is 2.72 bits per heavy atom. The highest BCUT2D eigenvalue weighted by molar-refractivity contribution is 5.77. The van der Waals surface area contributed by atoms with Crippen LogP contribution in [0.15, 0.2) is 11.8 Å². The normalized spacial score (nSPS) is 40.7. The van der Waals surface area contributed by atoms with E-state index in [9.17, 15) is 15.0 Å². The van der Waals surface area contributed by atoms with Crippen LogP contribution in [-0.2, 0) is 4.74 Å². The lowest BCUT2D eigenvalue weighted by molar-refractivity contribution is -0.0664. The summed E-state index contributed by atoms with van der Waals surface area (Å²) >= 11 is 0. The monoisotopic (exact) mass is 259 g/mol. The predicted molar refractivity (Wildman–Crippen MR) is 59.9 cm³/mol. The fourth-order valence-electron chi connectivity index (χ4n) is 1.98. The molecule has 1 saturated heterocycles. The lowest BCUT2D eigenvalue weighted by Crippen LogP contribution is -2.56. The third-order valence-corrected chi connectivity index (χ3v) is 3.14. The van der Waals surface area contributed by atoms with Crippen LogP contribution in [0.5, 0.6) is 0 Å². The summed E-state index contributed by atoms with van der Waals surface area (Å²) in [4.78, 5) is 12.9. The number of aliphatic hydroxyl groups excluding tert-OH is 3. The van der Waals surface area contributed by atoms with Crippen molar-refractivity contribution in [3.63, 3.8) is 0 Å². The van der Waals surface area contributed by atoms with E-state index in [-0.39, 0.29) is 0 Å². The van der Waals surface area contributed by atoms with E-state index >= 15 is 0 Å². The summed E-state index contributed by atoms with van der Waals surface area (Å²) in [6, 6.07) is -0.525. The van der Waals surface area contributed by atoms with Crippen molar-refractivity contribution in [2.24, 2.45) is 5.73 Å². The number of hydrogen-bond acceptors (Lipinski definition) is 6. The third-order valence-electron chi connectivity index (χ3n) is 3.14. The van der Waals surface area contributed by atoms with E-state index in [1.807, 2.05) is 0 Å². The van der Waals surface area contributed by atoms with Gasteiger partial charge >= 0.3 is 6.03 Å². The average molecular weight is 259 g/mol. The molecule has 2 heterocycles. The fraction of sp³-hybridized carbons (Fsp3) is 0.700. The van der Waals surface area contributed by atoms with Gasteiger partial charge in [-0.25, -0.2) is 4.79 Å². The molecule has 102 valence electrons. The standard InChI is InChI=1S/C10H17N3O5/c1-4-2-13(10(17)12-8(4)11)9-7(16)6(15)5(3-14)18-9/h2,5-9,14-16H,3,11H2,1H3,(H,12,17)/t5-,6+,7-,8?,9-/m1/s1. The summed E-state index contributed by atoms with van der Waals surface area (Å²) in [7, 11) is 0. The molecule has 0 aromatic heterocycles. The molecule has 1 unspecified atom stereocenters. The van der Waals surface area contributed by atoms with E-state index in [4.69, 9.17) is 15.6 Å². The van der Waals surface area contributed by atoms with Gasteiger partial charge in [-0.2, -0.15) is 0 Å². The molecular formula is C10H17N3O5. The first-order valence-corrected chi connectivity index (χ1v) is 5.61. The second-order valence-corrected chi connectivity index (χ2v) is 4.44. The van der Waals surface area contributed by atoms with Gasteiger partial charge in [0.1, 0.15) is 24.5 Å². The summed E-state index contributed by atoms with van der Waals surface area (Å²) in [6.07, 6.45) is -3.60. The molecular weight excluding hydrogens is 242 g/mol. The first-order valence-electron chi connectivity index (χ1n) is 5.61. The van der Waals surface area contributed by atoms with Gasteiger partial charge in [-0.1, -0.05) is 0 Å². The van der Waals surface area contributed by atoms with Crippen molar-refractivity contribution in [3.05, 3.63) is 11.8 Å². The van der Waals surface area contributed by atoms with Crippen molar-refractivity contribution in [1.82, 2.24) is 10.2 Å². The highest BCUT2D eigenvalue weighted by Gasteiger charge is 2.47. The second kappa shape index (κ2) is 4.82. The molecule has 6 N–H and O–H groups in total. The number of nitrogens with one attached hydrogen (secondary N) is 1. The van der Waals surface area contributed by atoms with E-state index in [0.29, 0.717) is 5.57 Å². The predicted octanol–water partition coefficient (Wildman–Crippen LogP) is -2.36. The molecule has 0 aliphatic carbocycles. The van der Waals surface area contributed by atoms with Crippen molar-refractivity contribution >= 4 is 6.03 Å². The Labute approximate surface area is 104 Å². The maximum Gasteiger partial charge on any atom is 0.325 e. The first kappa shape index (κ1) is 13.2. The molecule has 0 saturated carbocycles. The molecule has 5 atom stereocenters. The minimum Gasteiger partial charge on any atom is -0.394 e. The van der Waals surface area contributed by atoms with E-state index in [1.54, 1.807) is 6.92 Å². The largest absolute Gasteiger partial charge is 0.394 e. The van der Waals surface area contributed by atoms with E-state index in [2.05, 4.69) is 5.32 Å². The van der Waals surface area contributed by atoms with Crippen LogP contribution in [0.2, 0.25) is 0 Å². The number of nitrogens with zero attached hydrogens (tertiary/aromatic N) is 1. The number of nitrogens with two attached hydrogens (primary N) is 1. The van der Waals surface area contributed by atoms with Crippen LogP contribution in [0, 0.1) is 0 Å². The Kier molecular flexibility index (Phi) is 3.55. The molecule has 0 aromatic rings. The number of hydrogen-bond donors (Lipinski definition) is 5. The zero-order valence-corrected chi connectivity index (χ0v) is 9.85. The van der Waals surface area contributed by atoms with E-state index in [1.165, 1.54) is 6.20 Å². The van der Waals surface area contributed by atoms with Gasteiger partial charge in [-0.3, -0.25) is 4.90 Å². The third kappa shape index (κ3) is 2.08. The maximum atomic E-state index is 11.7. The van der Waals surface area contributed by atoms with Gasteiger partial charge in [0.2, 0.25) is 0 Å². The molecule has 8 heteroatoms. The van der Waals surface area contributed by atoms with Crippen LogP contribution in [-0.4, -0.2) is 63.6 Å². The lowest BCUT2D eigenvalue weighted by atomic mass is 10.1. The van der Waals surface area contributed by atoms with Crippen molar-refractivity contribution in [2.45, 2.75) is 37.6 Å². The van der Waals surface area contributed by atoms with Gasteiger partial charge in [0.25, 0.3) is 0 Å². The molecule has 2 aliphatic heterocycles. The number of amides is 2. The number of carbonyl (C=O) groups is 1. The highest BCUT2D eigenvalue weighted by Crippen LogP contribution is 2.26. The smallest absolute Gasteiger partial charge is 0.325 e. The van der Waals surface area contributed by atoms with Crippen LogP contribution < -0.4 is 11.1 Å². The van der Waals surface area contributed by atoms with Gasteiger partial charge < -0.3 is 31.1 Å². The molecule has 1 fully saturated rings. The molecule has 0 aromatic carbocycles. The van der Waals surface area contributed by atoms with E-state index < -0.39 is 43.3 Å². The molecule has 0 radical (unpaired) electrons. The zero-order valence-electron chi connectivity index (χ0n) is 9.85. The van der Waals surface area contributed by atoms with Crippen LogP contribution in [0.3, 0.4) is 0 Å². The van der Waals surface area contributed by atoms with Crippen molar-refractivity contribution in [2.75, 3.05) is 6.61 Å². The minimum atomic E-state index is -1.29. The number of carbonyl (C=O) groups excluding carboxylic acids is 1. The SMILES string of the molecule is CC1=CN([C@@H]2O[C@H](CO)[C@H](O)[C@H]2O)C(=O)NC1N. The highest BCUT2D eigenvalue weighted by atomic mass is 16.6. The fourth-order valence-corrected chi connectivity index (χ4v) is 1.98. The molecule has 0 spiro atoms. The maximum absolute atomic E-state index is 11.7. The Bertz CT molecular complexity index is 375. The Balaban J connectivity index is 2.19. The van der Waals surface area contributed by atoms with Crippen LogP contribution in [0.1, 0.15) is 6.92 Å². The summed E-state index contributed by atoms with van der Waals surface area (Å²) in [5.74, 6) is 0. The van der Waals surface area contributed by atoms with Crippen molar-refractivity contribution < 1.29 is 24.9 Å². The van der Waals surface area contributed by atoms with Gasteiger partial charge in [-0.15, -0.1) is 0 Å². The van der Waals surface area contributed by atoms with Gasteiger partial charge in [-0.05, 0) is 12.5 Å². The summed E-state index contributed by atoms with van der Waals surface area (Å²) in [5.41, 5.74) is 6.31. The first-order chi connectivity index (χ1) is 8.45. The minimum absolute atomic E-state index is 0.438. The van der Waals surface area contributed by atoms with Crippen LogP contribution in [0.25, 0.3) is 0 Å². The van der Waals surface area contributed by atoms with Crippen LogP contribution >= 0.6 is 0 Å². The Hall–Kier alpha value is -1.19. The summed E-state index contributed by atoms with van der Waals surface area (Å²) in [5, 5.41) is 30.9. The molecule has 2 amide bonds. The molecule has 18 heavy (non-hydrogen) atoms. The quantitative estimate of drug-likeness (QED) is 0.377. The van der Waals surface area contributed by atoms with Gasteiger partial charge in [0, 0.05) is 6.20 Å². The van der Waals surface area contributed by atoms with Crippen molar-refractivity contribution in [1.29, 1.82) is 0 Å². The lowest BCUT2D eigenvalue weighted by Gasteiger charge is -2.33. The number of ether oxygens (including phenoxy) is 1. The molecule has 8 nitrogen and oxygen atoms in total. The Morgan fingerprint density at radius 2 is 2.17 bits per heavy atom. The van der Waals surface area contributed by atoms with E-state index in [0.717, 1.165) is 4.90 Å². The molecule has 2 rings (SSSR count). The summed E-state index contributed by atoms with van der Waals surface area (Å²) in [6.45, 7) is 1.28. The van der Waals surface area contributed by atoms with Crippen molar-refractivity contribution in [3.8, 4) is 0 Å². The Morgan fingerprint density at radius 1 is 1.50 bits per heavy atom. The molecule has 2 aliphatic rings. The summed E-state index contributed by atoms with van der Waals surface area (Å²) < 4.78 is 5.26. The van der Waals surface area contributed by atoms with Gasteiger partial charge in [0.15, 0.2) is 6.23 Å². The second-order valence-electron chi connectivity index (χ2n) is 4.44. The van der Waals surface area contributed by atoms with Gasteiger partial charge in [0.05, 0.1) is 6.61 Å². The topological polar surface area (TPSA) is 128 Å². The number of rotatable bonds is 2. The zero-order chi connectivity index (χ0) is 13.4. The van der Waals surface area contributed by atoms with Crippen LogP contribution in [0.4, 0.5) is 4.79 Å².